The normalized spacial score (nSPS) is 23.6. The predicted octanol–water partition coefficient (Wildman–Crippen LogP) is 0.224. The van der Waals surface area contributed by atoms with Crippen molar-refractivity contribution in [2.75, 3.05) is 20.1 Å². The summed E-state index contributed by atoms with van der Waals surface area (Å²) in [6, 6.07) is 0. The van der Waals surface area contributed by atoms with Gasteiger partial charge in [-0.05, 0) is 33.0 Å². The lowest BCUT2D eigenvalue weighted by molar-refractivity contribution is -0.141. The molecule has 4 nitrogen and oxygen atoms in total. The van der Waals surface area contributed by atoms with Gasteiger partial charge in [-0.3, -0.25) is 10.0 Å². The Morgan fingerprint density at radius 2 is 2.00 bits per heavy atom. The molecule has 1 rings (SSSR count). The number of hydrogen-bond acceptors (Lipinski definition) is 3. The standard InChI is InChI=1S/C8H16N2O2/c1-8(7(11)9-12)3-5-10(2)6-4-8/h12H,3-6H2,1-2H3,(H,9,11). The summed E-state index contributed by atoms with van der Waals surface area (Å²) in [5.41, 5.74) is 1.36. The van der Waals surface area contributed by atoms with E-state index in [9.17, 15) is 4.79 Å². The highest BCUT2D eigenvalue weighted by molar-refractivity contribution is 5.81. The predicted molar refractivity (Wildman–Crippen MR) is 44.8 cm³/mol. The number of carbonyl (C=O) groups is 1. The lowest BCUT2D eigenvalue weighted by Gasteiger charge is -2.35. The van der Waals surface area contributed by atoms with Crippen molar-refractivity contribution in [3.8, 4) is 0 Å². The van der Waals surface area contributed by atoms with E-state index in [1.807, 2.05) is 14.0 Å². The summed E-state index contributed by atoms with van der Waals surface area (Å²) in [7, 11) is 2.04. The number of nitrogens with one attached hydrogen (secondary N) is 1. The van der Waals surface area contributed by atoms with Gasteiger partial charge < -0.3 is 4.90 Å². The first kappa shape index (κ1) is 9.48. The number of hydroxylamine groups is 1. The Morgan fingerprint density at radius 1 is 1.50 bits per heavy atom. The summed E-state index contributed by atoms with van der Waals surface area (Å²) in [6.45, 7) is 3.74. The second-order valence-electron chi connectivity index (χ2n) is 3.80. The highest BCUT2D eigenvalue weighted by Crippen LogP contribution is 2.30. The molecule has 0 aromatic carbocycles. The molecule has 0 aromatic heterocycles. The van der Waals surface area contributed by atoms with Crippen LogP contribution in [0.25, 0.3) is 0 Å². The average Bonchev–Trinajstić information content (AvgIpc) is 2.09. The van der Waals surface area contributed by atoms with Gasteiger partial charge in [0.25, 0.3) is 0 Å². The fourth-order valence-electron chi connectivity index (χ4n) is 1.47. The largest absolute Gasteiger partial charge is 0.306 e. The van der Waals surface area contributed by atoms with Crippen molar-refractivity contribution in [3.63, 3.8) is 0 Å². The van der Waals surface area contributed by atoms with Gasteiger partial charge in [0, 0.05) is 0 Å². The Morgan fingerprint density at radius 3 is 2.42 bits per heavy atom. The molecule has 1 amide bonds. The Kier molecular flexibility index (Phi) is 2.69. The van der Waals surface area contributed by atoms with Crippen molar-refractivity contribution < 1.29 is 10.0 Å². The van der Waals surface area contributed by atoms with Crippen LogP contribution in [0.15, 0.2) is 0 Å². The number of amides is 1. The van der Waals surface area contributed by atoms with Gasteiger partial charge in [-0.2, -0.15) is 0 Å². The van der Waals surface area contributed by atoms with E-state index >= 15 is 0 Å². The molecule has 70 valence electrons. The van der Waals surface area contributed by atoms with Crippen LogP contribution in [0.4, 0.5) is 0 Å². The van der Waals surface area contributed by atoms with Crippen LogP contribution in [0.1, 0.15) is 19.8 Å². The summed E-state index contributed by atoms with van der Waals surface area (Å²) >= 11 is 0. The molecule has 2 N–H and O–H groups in total. The van der Waals surface area contributed by atoms with Crippen LogP contribution in [-0.2, 0) is 4.79 Å². The van der Waals surface area contributed by atoms with Crippen LogP contribution < -0.4 is 5.48 Å². The van der Waals surface area contributed by atoms with E-state index in [2.05, 4.69) is 4.90 Å². The molecule has 1 aliphatic heterocycles. The number of rotatable bonds is 1. The average molecular weight is 172 g/mol. The summed E-state index contributed by atoms with van der Waals surface area (Å²) in [5.74, 6) is -0.254. The zero-order valence-corrected chi connectivity index (χ0v) is 7.63. The molecule has 4 heteroatoms. The van der Waals surface area contributed by atoms with Crippen molar-refractivity contribution in [2.24, 2.45) is 5.41 Å². The molecule has 12 heavy (non-hydrogen) atoms. The molecule has 1 heterocycles. The monoisotopic (exact) mass is 172 g/mol. The second kappa shape index (κ2) is 3.41. The van der Waals surface area contributed by atoms with Gasteiger partial charge >= 0.3 is 0 Å². The van der Waals surface area contributed by atoms with Gasteiger partial charge in [-0.15, -0.1) is 0 Å². The molecule has 0 saturated carbocycles. The first-order chi connectivity index (χ1) is 5.58. The van der Waals surface area contributed by atoms with E-state index in [1.54, 1.807) is 5.48 Å². The third kappa shape index (κ3) is 1.76. The van der Waals surface area contributed by atoms with Crippen molar-refractivity contribution >= 4 is 5.91 Å². The van der Waals surface area contributed by atoms with Crippen molar-refractivity contribution in [3.05, 3.63) is 0 Å². The topological polar surface area (TPSA) is 52.6 Å². The Bertz CT molecular complexity index is 174. The maximum absolute atomic E-state index is 11.2. The first-order valence-corrected chi connectivity index (χ1v) is 4.21. The summed E-state index contributed by atoms with van der Waals surface area (Å²) in [5, 5.41) is 8.50. The minimum Gasteiger partial charge on any atom is -0.306 e. The third-order valence-corrected chi connectivity index (χ3v) is 2.74. The summed E-state index contributed by atoms with van der Waals surface area (Å²) in [6.07, 6.45) is 1.63. The van der Waals surface area contributed by atoms with Gasteiger partial charge in [-0.1, -0.05) is 6.92 Å². The Hall–Kier alpha value is -0.610. The van der Waals surface area contributed by atoms with Crippen LogP contribution in [0.5, 0.6) is 0 Å². The second-order valence-corrected chi connectivity index (χ2v) is 3.80. The Labute approximate surface area is 72.5 Å². The van der Waals surface area contributed by atoms with Crippen LogP contribution in [0, 0.1) is 5.41 Å². The fourth-order valence-corrected chi connectivity index (χ4v) is 1.47. The molecule has 1 aliphatic rings. The molecule has 1 fully saturated rings. The van der Waals surface area contributed by atoms with Crippen molar-refractivity contribution in [2.45, 2.75) is 19.8 Å². The lowest BCUT2D eigenvalue weighted by Crippen LogP contribution is -2.45. The molecule has 1 saturated heterocycles. The maximum atomic E-state index is 11.2. The number of nitrogens with zero attached hydrogens (tertiary/aromatic N) is 1. The van der Waals surface area contributed by atoms with Gasteiger partial charge in [-0.25, -0.2) is 5.48 Å². The molecule has 0 atom stereocenters. The molecular weight excluding hydrogens is 156 g/mol. The number of piperidine rings is 1. The van der Waals surface area contributed by atoms with E-state index in [0.717, 1.165) is 25.9 Å². The van der Waals surface area contributed by atoms with Gasteiger partial charge in [0.2, 0.25) is 5.91 Å². The highest BCUT2D eigenvalue weighted by Gasteiger charge is 2.35. The maximum Gasteiger partial charge on any atom is 0.249 e. The molecule has 0 unspecified atom stereocenters. The number of carbonyl (C=O) groups excluding carboxylic acids is 1. The van der Waals surface area contributed by atoms with Crippen LogP contribution in [0.2, 0.25) is 0 Å². The van der Waals surface area contributed by atoms with Gasteiger partial charge in [0.05, 0.1) is 5.41 Å². The summed E-state index contributed by atoms with van der Waals surface area (Å²) < 4.78 is 0. The highest BCUT2D eigenvalue weighted by atomic mass is 16.5. The zero-order valence-electron chi connectivity index (χ0n) is 7.63. The molecule has 0 aromatic rings. The third-order valence-electron chi connectivity index (χ3n) is 2.74. The van der Waals surface area contributed by atoms with Crippen LogP contribution in [-0.4, -0.2) is 36.2 Å². The zero-order chi connectivity index (χ0) is 9.19. The smallest absolute Gasteiger partial charge is 0.249 e. The minimum absolute atomic E-state index is 0.254. The molecule has 0 bridgehead atoms. The van der Waals surface area contributed by atoms with E-state index < -0.39 is 0 Å². The molecule has 0 aliphatic carbocycles. The van der Waals surface area contributed by atoms with Gasteiger partial charge in [0.15, 0.2) is 0 Å². The van der Waals surface area contributed by atoms with Crippen LogP contribution in [0.3, 0.4) is 0 Å². The van der Waals surface area contributed by atoms with E-state index in [-0.39, 0.29) is 11.3 Å². The Balaban J connectivity index is 2.55. The fraction of sp³-hybridized carbons (Fsp3) is 0.875. The molecule has 0 spiro atoms. The minimum atomic E-state index is -0.374. The lowest BCUT2D eigenvalue weighted by atomic mass is 9.80. The first-order valence-electron chi connectivity index (χ1n) is 4.21. The van der Waals surface area contributed by atoms with Gasteiger partial charge in [0.1, 0.15) is 0 Å². The molecule has 0 radical (unpaired) electrons. The quantitative estimate of drug-likeness (QED) is 0.439. The van der Waals surface area contributed by atoms with Crippen molar-refractivity contribution in [1.82, 2.24) is 10.4 Å². The summed E-state index contributed by atoms with van der Waals surface area (Å²) in [4.78, 5) is 13.4. The number of likely N-dealkylation sites (tertiary alicyclic amines) is 1. The SMILES string of the molecule is CN1CCC(C)(C(=O)NO)CC1. The molecular formula is C8H16N2O2. The van der Waals surface area contributed by atoms with E-state index in [1.165, 1.54) is 0 Å². The van der Waals surface area contributed by atoms with Crippen LogP contribution >= 0.6 is 0 Å². The van der Waals surface area contributed by atoms with Crippen molar-refractivity contribution in [1.29, 1.82) is 0 Å². The van der Waals surface area contributed by atoms with E-state index in [4.69, 9.17) is 5.21 Å². The van der Waals surface area contributed by atoms with E-state index in [0.29, 0.717) is 0 Å². The number of hydrogen-bond donors (Lipinski definition) is 2.